The molecule has 1 amide bonds. The molecule has 0 spiro atoms. The SMILES string of the molecule is COC(=O)c1ccccc1NC(=O)C1CC1N. The summed E-state index contributed by atoms with van der Waals surface area (Å²) in [6, 6.07) is 6.67. The fourth-order valence-corrected chi connectivity index (χ4v) is 1.62. The molecule has 17 heavy (non-hydrogen) atoms. The number of hydrogen-bond acceptors (Lipinski definition) is 4. The highest BCUT2D eigenvalue weighted by Crippen LogP contribution is 2.29. The average molecular weight is 234 g/mol. The van der Waals surface area contributed by atoms with Crippen LogP contribution in [-0.4, -0.2) is 25.0 Å². The van der Waals surface area contributed by atoms with Gasteiger partial charge in [0.25, 0.3) is 0 Å². The van der Waals surface area contributed by atoms with Crippen molar-refractivity contribution in [1.82, 2.24) is 0 Å². The standard InChI is InChI=1S/C12H14N2O3/c1-17-12(16)7-4-2-3-5-10(7)14-11(15)8-6-9(8)13/h2-5,8-9H,6,13H2,1H3,(H,14,15). The average Bonchev–Trinajstić information content (AvgIpc) is 3.06. The van der Waals surface area contributed by atoms with Crippen LogP contribution in [0.25, 0.3) is 0 Å². The van der Waals surface area contributed by atoms with E-state index < -0.39 is 5.97 Å². The molecule has 0 radical (unpaired) electrons. The molecular weight excluding hydrogens is 220 g/mol. The normalized spacial score (nSPS) is 21.8. The van der Waals surface area contributed by atoms with Crippen molar-refractivity contribution in [3.63, 3.8) is 0 Å². The summed E-state index contributed by atoms with van der Waals surface area (Å²) in [6.45, 7) is 0. The zero-order chi connectivity index (χ0) is 12.4. The van der Waals surface area contributed by atoms with Crippen LogP contribution in [0.3, 0.4) is 0 Å². The van der Waals surface area contributed by atoms with Gasteiger partial charge in [0.2, 0.25) is 5.91 Å². The number of nitrogens with two attached hydrogens (primary N) is 1. The van der Waals surface area contributed by atoms with E-state index >= 15 is 0 Å². The Morgan fingerprint density at radius 1 is 1.41 bits per heavy atom. The maximum atomic E-state index is 11.7. The molecule has 1 aromatic rings. The minimum absolute atomic E-state index is 0.0553. The van der Waals surface area contributed by atoms with Crippen molar-refractivity contribution in [2.45, 2.75) is 12.5 Å². The van der Waals surface area contributed by atoms with Crippen LogP contribution >= 0.6 is 0 Å². The summed E-state index contributed by atoms with van der Waals surface area (Å²) in [5.41, 5.74) is 6.40. The van der Waals surface area contributed by atoms with E-state index in [1.54, 1.807) is 24.3 Å². The molecule has 5 heteroatoms. The van der Waals surface area contributed by atoms with Crippen LogP contribution in [0.15, 0.2) is 24.3 Å². The molecule has 0 aromatic heterocycles. The lowest BCUT2D eigenvalue weighted by molar-refractivity contribution is -0.117. The van der Waals surface area contributed by atoms with Crippen molar-refractivity contribution < 1.29 is 14.3 Å². The zero-order valence-electron chi connectivity index (χ0n) is 9.47. The van der Waals surface area contributed by atoms with E-state index in [-0.39, 0.29) is 17.9 Å². The van der Waals surface area contributed by atoms with Gasteiger partial charge in [-0.25, -0.2) is 4.79 Å². The number of anilines is 1. The van der Waals surface area contributed by atoms with Gasteiger partial charge in [0.1, 0.15) is 0 Å². The summed E-state index contributed by atoms with van der Waals surface area (Å²) in [5, 5.41) is 2.70. The molecule has 1 aliphatic rings. The third kappa shape index (κ3) is 2.45. The molecule has 2 atom stereocenters. The van der Waals surface area contributed by atoms with Crippen LogP contribution in [0.4, 0.5) is 5.69 Å². The first-order valence-corrected chi connectivity index (χ1v) is 5.37. The summed E-state index contributed by atoms with van der Waals surface area (Å²) in [7, 11) is 1.30. The smallest absolute Gasteiger partial charge is 0.339 e. The van der Waals surface area contributed by atoms with Crippen LogP contribution in [0.5, 0.6) is 0 Å². The first-order valence-electron chi connectivity index (χ1n) is 5.37. The topological polar surface area (TPSA) is 81.4 Å². The van der Waals surface area contributed by atoms with Crippen LogP contribution < -0.4 is 11.1 Å². The van der Waals surface area contributed by atoms with Crippen LogP contribution in [0.2, 0.25) is 0 Å². The fraction of sp³-hybridized carbons (Fsp3) is 0.333. The van der Waals surface area contributed by atoms with Crippen molar-refractivity contribution in [1.29, 1.82) is 0 Å². The van der Waals surface area contributed by atoms with Crippen molar-refractivity contribution >= 4 is 17.6 Å². The molecule has 1 aliphatic carbocycles. The van der Waals surface area contributed by atoms with Gasteiger partial charge in [-0.1, -0.05) is 12.1 Å². The van der Waals surface area contributed by atoms with Gasteiger partial charge in [0.15, 0.2) is 0 Å². The molecule has 0 bridgehead atoms. The number of esters is 1. The molecular formula is C12H14N2O3. The molecule has 1 aromatic carbocycles. The highest BCUT2D eigenvalue weighted by atomic mass is 16.5. The lowest BCUT2D eigenvalue weighted by atomic mass is 10.1. The monoisotopic (exact) mass is 234 g/mol. The largest absolute Gasteiger partial charge is 0.465 e. The maximum absolute atomic E-state index is 11.7. The predicted octanol–water partition coefficient (Wildman–Crippen LogP) is 0.759. The third-order valence-corrected chi connectivity index (χ3v) is 2.77. The second kappa shape index (κ2) is 4.55. The number of amides is 1. The first kappa shape index (κ1) is 11.6. The van der Waals surface area contributed by atoms with E-state index in [0.717, 1.165) is 0 Å². The van der Waals surface area contributed by atoms with Gasteiger partial charge in [-0.2, -0.15) is 0 Å². The molecule has 2 rings (SSSR count). The molecule has 0 saturated heterocycles. The molecule has 90 valence electrons. The van der Waals surface area contributed by atoms with E-state index in [1.165, 1.54) is 7.11 Å². The predicted molar refractivity (Wildman–Crippen MR) is 62.5 cm³/mol. The number of para-hydroxylation sites is 1. The Bertz CT molecular complexity index is 459. The summed E-state index contributed by atoms with van der Waals surface area (Å²) >= 11 is 0. The van der Waals surface area contributed by atoms with Crippen molar-refractivity contribution in [3.8, 4) is 0 Å². The van der Waals surface area contributed by atoms with Gasteiger partial charge in [-0.05, 0) is 18.6 Å². The number of carbonyl (C=O) groups excluding carboxylic acids is 2. The summed E-state index contributed by atoms with van der Waals surface area (Å²) in [4.78, 5) is 23.2. The second-order valence-corrected chi connectivity index (χ2v) is 4.03. The highest BCUT2D eigenvalue weighted by Gasteiger charge is 2.40. The number of rotatable bonds is 3. The lowest BCUT2D eigenvalue weighted by Gasteiger charge is -2.08. The van der Waals surface area contributed by atoms with Crippen LogP contribution in [0, 0.1) is 5.92 Å². The minimum Gasteiger partial charge on any atom is -0.465 e. The van der Waals surface area contributed by atoms with Gasteiger partial charge >= 0.3 is 5.97 Å². The number of hydrogen-bond donors (Lipinski definition) is 2. The van der Waals surface area contributed by atoms with E-state index in [2.05, 4.69) is 10.1 Å². The van der Waals surface area contributed by atoms with Crippen LogP contribution in [-0.2, 0) is 9.53 Å². The summed E-state index contributed by atoms with van der Waals surface area (Å²) in [5.74, 6) is -0.754. The van der Waals surface area contributed by atoms with E-state index in [0.29, 0.717) is 17.7 Å². The molecule has 0 aliphatic heterocycles. The van der Waals surface area contributed by atoms with E-state index in [4.69, 9.17) is 5.73 Å². The first-order chi connectivity index (χ1) is 8.13. The Morgan fingerprint density at radius 3 is 2.65 bits per heavy atom. The minimum atomic E-state index is -0.471. The second-order valence-electron chi connectivity index (χ2n) is 4.03. The quantitative estimate of drug-likeness (QED) is 0.756. The number of carbonyl (C=O) groups is 2. The molecule has 1 saturated carbocycles. The summed E-state index contributed by atoms with van der Waals surface area (Å²) < 4.78 is 4.64. The van der Waals surface area contributed by atoms with Gasteiger partial charge in [-0.3, -0.25) is 4.79 Å². The molecule has 2 unspecified atom stereocenters. The number of methoxy groups -OCH3 is 1. The highest BCUT2D eigenvalue weighted by molar-refractivity contribution is 6.02. The number of ether oxygens (including phenoxy) is 1. The van der Waals surface area contributed by atoms with E-state index in [9.17, 15) is 9.59 Å². The Hall–Kier alpha value is -1.88. The van der Waals surface area contributed by atoms with Crippen LogP contribution in [0.1, 0.15) is 16.8 Å². The van der Waals surface area contributed by atoms with Crippen molar-refractivity contribution in [2.75, 3.05) is 12.4 Å². The Morgan fingerprint density at radius 2 is 2.06 bits per heavy atom. The molecule has 1 fully saturated rings. The van der Waals surface area contributed by atoms with Gasteiger partial charge in [0.05, 0.1) is 24.3 Å². The molecule has 0 heterocycles. The van der Waals surface area contributed by atoms with Gasteiger partial charge in [-0.15, -0.1) is 0 Å². The van der Waals surface area contributed by atoms with Gasteiger partial charge in [0, 0.05) is 6.04 Å². The number of benzene rings is 1. The van der Waals surface area contributed by atoms with Crippen molar-refractivity contribution in [3.05, 3.63) is 29.8 Å². The van der Waals surface area contributed by atoms with Gasteiger partial charge < -0.3 is 15.8 Å². The third-order valence-electron chi connectivity index (χ3n) is 2.77. The van der Waals surface area contributed by atoms with Crippen molar-refractivity contribution in [2.24, 2.45) is 11.7 Å². The zero-order valence-corrected chi connectivity index (χ0v) is 9.47. The molecule has 5 nitrogen and oxygen atoms in total. The Labute approximate surface area is 98.9 Å². The van der Waals surface area contributed by atoms with E-state index in [1.807, 2.05) is 0 Å². The number of nitrogens with one attached hydrogen (secondary N) is 1. The Kier molecular flexibility index (Phi) is 3.10. The Balaban J connectivity index is 2.15. The maximum Gasteiger partial charge on any atom is 0.339 e. The summed E-state index contributed by atoms with van der Waals surface area (Å²) in [6.07, 6.45) is 0.701. The molecule has 3 N–H and O–H groups in total. The fourth-order valence-electron chi connectivity index (χ4n) is 1.62. The lowest BCUT2D eigenvalue weighted by Crippen LogP contribution is -2.20.